The first-order valence-corrected chi connectivity index (χ1v) is 10.2. The van der Waals surface area contributed by atoms with Gasteiger partial charge in [0.15, 0.2) is 0 Å². The quantitative estimate of drug-likeness (QED) is 0.654. The van der Waals surface area contributed by atoms with Gasteiger partial charge in [-0.25, -0.2) is 4.68 Å². The highest BCUT2D eigenvalue weighted by Gasteiger charge is 2.30. The molecule has 1 N–H and O–H groups in total. The molecule has 0 radical (unpaired) electrons. The van der Waals surface area contributed by atoms with Crippen molar-refractivity contribution >= 4 is 39.4 Å². The molecule has 0 fully saturated rings. The minimum absolute atomic E-state index is 0.0186. The zero-order valence-corrected chi connectivity index (χ0v) is 16.7. The fourth-order valence-corrected chi connectivity index (χ4v) is 4.68. The third-order valence-corrected chi connectivity index (χ3v) is 6.22. The van der Waals surface area contributed by atoms with E-state index in [0.29, 0.717) is 12.3 Å². The third-order valence-electron chi connectivity index (χ3n) is 4.42. The van der Waals surface area contributed by atoms with Gasteiger partial charge in [0, 0.05) is 10.0 Å². The van der Waals surface area contributed by atoms with Crippen LogP contribution in [0.25, 0.3) is 0 Å². The summed E-state index contributed by atoms with van der Waals surface area (Å²) in [6.45, 7) is 2.65. The Morgan fingerprint density at radius 1 is 1.19 bits per heavy atom. The number of aryl methyl sites for hydroxylation is 1. The number of halogens is 1. The van der Waals surface area contributed by atoms with E-state index >= 15 is 0 Å². The maximum Gasteiger partial charge on any atom is 0.235 e. The average Bonchev–Trinajstić information content (AvgIpc) is 2.82. The van der Waals surface area contributed by atoms with Gasteiger partial charge in [-0.05, 0) is 30.2 Å². The molecule has 1 aromatic heterocycles. The number of nitrogens with one attached hydrogen (secondary N) is 1. The van der Waals surface area contributed by atoms with Crippen LogP contribution in [0, 0.1) is 6.92 Å². The molecular formula is C20H18BrN3OS. The van der Waals surface area contributed by atoms with E-state index in [0.717, 1.165) is 27.1 Å². The number of carbonyl (C=O) groups is 1. The monoisotopic (exact) mass is 427 g/mol. The number of fused-ring (bicyclic) bond motifs is 1. The summed E-state index contributed by atoms with van der Waals surface area (Å²) < 4.78 is 2.96. The lowest BCUT2D eigenvalue weighted by molar-refractivity contribution is -0.113. The predicted octanol–water partition coefficient (Wildman–Crippen LogP) is 4.78. The number of hydrogen-bond donors (Lipinski definition) is 1. The number of benzene rings is 2. The molecule has 0 unspecified atom stereocenters. The molecule has 2 aromatic carbocycles. The van der Waals surface area contributed by atoms with Gasteiger partial charge >= 0.3 is 0 Å². The number of rotatable bonds is 3. The number of aromatic nitrogens is 2. The Morgan fingerprint density at radius 3 is 2.65 bits per heavy atom. The van der Waals surface area contributed by atoms with E-state index in [1.165, 1.54) is 5.56 Å². The summed E-state index contributed by atoms with van der Waals surface area (Å²) in [6, 6.07) is 18.5. The summed E-state index contributed by atoms with van der Waals surface area (Å²) in [5, 5.41) is 7.90. The van der Waals surface area contributed by atoms with Gasteiger partial charge in [0.25, 0.3) is 0 Å². The van der Waals surface area contributed by atoms with Gasteiger partial charge in [-0.1, -0.05) is 58.4 Å². The first-order valence-electron chi connectivity index (χ1n) is 8.40. The summed E-state index contributed by atoms with van der Waals surface area (Å²) in [5.41, 5.74) is 4.39. The fraction of sp³-hybridized carbons (Fsp3) is 0.200. The number of hydrogen-bond acceptors (Lipinski definition) is 3. The molecule has 26 heavy (non-hydrogen) atoms. The van der Waals surface area contributed by atoms with Gasteiger partial charge in [0.1, 0.15) is 5.82 Å². The minimum atomic E-state index is 0.0186. The lowest BCUT2D eigenvalue weighted by atomic mass is 10.0. The largest absolute Gasteiger partial charge is 0.310 e. The zero-order valence-electron chi connectivity index (χ0n) is 14.3. The molecule has 1 aliphatic heterocycles. The van der Waals surface area contributed by atoms with Gasteiger partial charge < -0.3 is 5.32 Å². The normalized spacial score (nSPS) is 16.7. The number of carbonyl (C=O) groups excluding carboxylic acids is 1. The topological polar surface area (TPSA) is 46.9 Å². The Hall–Kier alpha value is -2.05. The summed E-state index contributed by atoms with van der Waals surface area (Å²) in [4.78, 5) is 12.3. The van der Waals surface area contributed by atoms with Crippen molar-refractivity contribution in [2.24, 2.45) is 0 Å². The van der Waals surface area contributed by atoms with Crippen LogP contribution in [0.4, 0.5) is 5.82 Å². The molecule has 1 amide bonds. The molecular weight excluding hydrogens is 410 g/mol. The van der Waals surface area contributed by atoms with Gasteiger partial charge in [-0.15, -0.1) is 11.8 Å². The zero-order chi connectivity index (χ0) is 18.1. The van der Waals surface area contributed by atoms with Crippen LogP contribution in [0.2, 0.25) is 0 Å². The van der Waals surface area contributed by atoms with Crippen LogP contribution < -0.4 is 5.32 Å². The lowest BCUT2D eigenvalue weighted by Crippen LogP contribution is -2.16. The molecule has 1 atom stereocenters. The van der Waals surface area contributed by atoms with Crippen molar-refractivity contribution in [1.29, 1.82) is 0 Å². The maximum absolute atomic E-state index is 12.3. The van der Waals surface area contributed by atoms with Crippen LogP contribution in [0.1, 0.15) is 27.6 Å². The van der Waals surface area contributed by atoms with Crippen molar-refractivity contribution in [2.75, 3.05) is 11.1 Å². The molecule has 0 spiro atoms. The third kappa shape index (κ3) is 3.44. The van der Waals surface area contributed by atoms with Crippen molar-refractivity contribution in [2.45, 2.75) is 18.7 Å². The van der Waals surface area contributed by atoms with E-state index in [4.69, 9.17) is 5.10 Å². The van der Waals surface area contributed by atoms with Crippen LogP contribution in [0.3, 0.4) is 0 Å². The van der Waals surface area contributed by atoms with Crippen molar-refractivity contribution in [3.05, 3.63) is 81.5 Å². The first-order chi connectivity index (χ1) is 12.6. The molecule has 6 heteroatoms. The van der Waals surface area contributed by atoms with Crippen LogP contribution >= 0.6 is 27.7 Å². The van der Waals surface area contributed by atoms with Crippen LogP contribution in [0.5, 0.6) is 0 Å². The van der Waals surface area contributed by atoms with Crippen molar-refractivity contribution in [1.82, 2.24) is 9.78 Å². The van der Waals surface area contributed by atoms with Gasteiger partial charge in [0.2, 0.25) is 5.91 Å². The molecule has 4 rings (SSSR count). The van der Waals surface area contributed by atoms with E-state index in [9.17, 15) is 4.79 Å². The van der Waals surface area contributed by atoms with Crippen LogP contribution in [0.15, 0.2) is 59.1 Å². The number of anilines is 1. The van der Waals surface area contributed by atoms with Crippen molar-refractivity contribution in [3.8, 4) is 0 Å². The van der Waals surface area contributed by atoms with Gasteiger partial charge in [-0.2, -0.15) is 5.10 Å². The molecule has 132 valence electrons. The van der Waals surface area contributed by atoms with Gasteiger partial charge in [-0.3, -0.25) is 4.79 Å². The van der Waals surface area contributed by atoms with E-state index in [2.05, 4.69) is 45.5 Å². The molecule has 0 aliphatic carbocycles. The second-order valence-corrected chi connectivity index (χ2v) is 8.29. The summed E-state index contributed by atoms with van der Waals surface area (Å²) in [6.07, 6.45) is 0. The number of nitrogens with zero attached hydrogens (tertiary/aromatic N) is 2. The van der Waals surface area contributed by atoms with Crippen molar-refractivity contribution < 1.29 is 4.79 Å². The number of thioether (sulfide) groups is 1. The SMILES string of the molecule is Cc1nn(Cc2ccccc2)c2c1[C@@H](c1ccc(Br)cc1)SCC(=O)N2. The lowest BCUT2D eigenvalue weighted by Gasteiger charge is -2.15. The van der Waals surface area contributed by atoms with Crippen LogP contribution in [-0.2, 0) is 11.3 Å². The highest BCUT2D eigenvalue weighted by atomic mass is 79.9. The highest BCUT2D eigenvalue weighted by Crippen LogP contribution is 2.43. The second-order valence-electron chi connectivity index (χ2n) is 6.28. The van der Waals surface area contributed by atoms with Crippen LogP contribution in [-0.4, -0.2) is 21.4 Å². The standard InChI is InChI=1S/C20H18BrN3OS/c1-13-18-19(15-7-9-16(21)10-8-15)26-12-17(25)22-20(18)24(23-13)11-14-5-3-2-4-6-14/h2-10,19H,11-12H2,1H3,(H,22,25)/t19-/m1/s1. The summed E-state index contributed by atoms with van der Waals surface area (Å²) >= 11 is 5.14. The first kappa shape index (κ1) is 17.4. The Balaban J connectivity index is 1.78. The molecule has 4 nitrogen and oxygen atoms in total. The fourth-order valence-electron chi connectivity index (χ4n) is 3.22. The molecule has 0 saturated heterocycles. The minimum Gasteiger partial charge on any atom is -0.310 e. The van der Waals surface area contributed by atoms with E-state index in [-0.39, 0.29) is 11.2 Å². The molecule has 3 aromatic rings. The maximum atomic E-state index is 12.3. The Morgan fingerprint density at radius 2 is 1.92 bits per heavy atom. The Labute approximate surface area is 165 Å². The van der Waals surface area contributed by atoms with E-state index in [1.54, 1.807) is 11.8 Å². The predicted molar refractivity (Wildman–Crippen MR) is 110 cm³/mol. The molecule has 0 bridgehead atoms. The molecule has 0 saturated carbocycles. The molecule has 1 aliphatic rings. The average molecular weight is 428 g/mol. The number of amides is 1. The van der Waals surface area contributed by atoms with Crippen molar-refractivity contribution in [3.63, 3.8) is 0 Å². The smallest absolute Gasteiger partial charge is 0.235 e. The van der Waals surface area contributed by atoms with E-state index in [1.807, 2.05) is 41.9 Å². The second kappa shape index (κ2) is 7.29. The van der Waals surface area contributed by atoms with E-state index < -0.39 is 0 Å². The summed E-state index contributed by atoms with van der Waals surface area (Å²) in [5.74, 6) is 1.26. The summed E-state index contributed by atoms with van der Waals surface area (Å²) in [7, 11) is 0. The Bertz CT molecular complexity index is 938. The van der Waals surface area contributed by atoms with Gasteiger partial charge in [0.05, 0.1) is 23.2 Å². The molecule has 2 heterocycles. The highest BCUT2D eigenvalue weighted by molar-refractivity contribution is 9.10. The Kier molecular flexibility index (Phi) is 4.87.